The number of aromatic nitrogens is 2. The van der Waals surface area contributed by atoms with Gasteiger partial charge in [0.2, 0.25) is 0 Å². The smallest absolute Gasteiger partial charge is 0.353 e. The summed E-state index contributed by atoms with van der Waals surface area (Å²) in [6.07, 6.45) is 4.93. The van der Waals surface area contributed by atoms with Gasteiger partial charge in [-0.1, -0.05) is 43.5 Å². The number of hydrogen-bond donors (Lipinski definition) is 1. The molecule has 0 aliphatic heterocycles. The third-order valence-electron chi connectivity index (χ3n) is 5.39. The van der Waals surface area contributed by atoms with Crippen molar-refractivity contribution in [2.24, 2.45) is 0 Å². The van der Waals surface area contributed by atoms with Gasteiger partial charge in [-0.2, -0.15) is 13.2 Å². The molecule has 1 N–H and O–H groups in total. The lowest BCUT2D eigenvalue weighted by Crippen LogP contribution is -2.07. The molecular formula is C23H22F3N3. The minimum absolute atomic E-state index is 0.476. The lowest BCUT2D eigenvalue weighted by molar-refractivity contribution is -0.141. The van der Waals surface area contributed by atoms with Crippen molar-refractivity contribution < 1.29 is 13.2 Å². The standard InChI is InChI=1S/C23H22F3N3/c24-23(25,26)22-13-11-20(15-28-22)29-19-10-12-21(27-14-19)18-8-6-17(7-9-18)16-4-2-1-3-5-16/h6-16,29H,1-5H2. The minimum atomic E-state index is -4.44. The van der Waals surface area contributed by atoms with Crippen molar-refractivity contribution in [1.29, 1.82) is 0 Å². The second kappa shape index (κ2) is 8.23. The molecule has 2 heterocycles. The maximum absolute atomic E-state index is 12.6. The molecule has 1 aromatic carbocycles. The van der Waals surface area contributed by atoms with Gasteiger partial charge in [0.1, 0.15) is 5.69 Å². The first-order chi connectivity index (χ1) is 14.0. The van der Waals surface area contributed by atoms with Crippen molar-refractivity contribution in [3.05, 3.63) is 72.2 Å². The van der Waals surface area contributed by atoms with Gasteiger partial charge in [0.05, 0.1) is 29.5 Å². The zero-order valence-electron chi connectivity index (χ0n) is 15.9. The van der Waals surface area contributed by atoms with Gasteiger partial charge < -0.3 is 5.32 Å². The van der Waals surface area contributed by atoms with E-state index in [9.17, 15) is 13.2 Å². The Labute approximate surface area is 168 Å². The number of rotatable bonds is 4. The molecule has 3 nitrogen and oxygen atoms in total. The first kappa shape index (κ1) is 19.4. The molecular weight excluding hydrogens is 375 g/mol. The molecule has 0 unspecified atom stereocenters. The first-order valence-electron chi connectivity index (χ1n) is 9.86. The van der Waals surface area contributed by atoms with E-state index >= 15 is 0 Å². The Kier molecular flexibility index (Phi) is 5.51. The van der Waals surface area contributed by atoms with Crippen LogP contribution in [-0.4, -0.2) is 9.97 Å². The predicted molar refractivity (Wildman–Crippen MR) is 108 cm³/mol. The van der Waals surface area contributed by atoms with E-state index in [1.54, 1.807) is 6.20 Å². The van der Waals surface area contributed by atoms with Crippen LogP contribution < -0.4 is 5.32 Å². The van der Waals surface area contributed by atoms with Crippen molar-refractivity contribution in [2.45, 2.75) is 44.2 Å². The van der Waals surface area contributed by atoms with Crippen LogP contribution in [0.1, 0.15) is 49.3 Å². The summed E-state index contributed by atoms with van der Waals surface area (Å²) in [4.78, 5) is 7.93. The fourth-order valence-corrected chi connectivity index (χ4v) is 3.80. The Morgan fingerprint density at radius 1 is 0.759 bits per heavy atom. The van der Waals surface area contributed by atoms with Crippen LogP contribution in [0.2, 0.25) is 0 Å². The van der Waals surface area contributed by atoms with E-state index in [1.807, 2.05) is 12.1 Å². The van der Waals surface area contributed by atoms with Crippen molar-refractivity contribution in [3.63, 3.8) is 0 Å². The molecule has 3 aromatic rings. The normalized spacial score (nSPS) is 15.3. The molecule has 1 aliphatic carbocycles. The number of halogens is 3. The van der Waals surface area contributed by atoms with E-state index in [1.165, 1.54) is 49.9 Å². The zero-order valence-corrected chi connectivity index (χ0v) is 15.9. The Morgan fingerprint density at radius 2 is 1.41 bits per heavy atom. The van der Waals surface area contributed by atoms with E-state index in [-0.39, 0.29) is 0 Å². The van der Waals surface area contributed by atoms with Crippen molar-refractivity contribution in [1.82, 2.24) is 9.97 Å². The highest BCUT2D eigenvalue weighted by atomic mass is 19.4. The second-order valence-electron chi connectivity index (χ2n) is 7.44. The van der Waals surface area contributed by atoms with Gasteiger partial charge in [-0.05, 0) is 48.6 Å². The largest absolute Gasteiger partial charge is 0.433 e. The molecule has 0 saturated heterocycles. The van der Waals surface area contributed by atoms with Gasteiger partial charge >= 0.3 is 6.18 Å². The van der Waals surface area contributed by atoms with Gasteiger partial charge in [-0.15, -0.1) is 0 Å². The number of hydrogen-bond acceptors (Lipinski definition) is 3. The van der Waals surface area contributed by atoms with Gasteiger partial charge in [0.15, 0.2) is 0 Å². The molecule has 150 valence electrons. The van der Waals surface area contributed by atoms with Crippen molar-refractivity contribution in [3.8, 4) is 11.3 Å². The highest BCUT2D eigenvalue weighted by Crippen LogP contribution is 2.33. The topological polar surface area (TPSA) is 37.8 Å². The first-order valence-corrected chi connectivity index (χ1v) is 9.86. The average Bonchev–Trinajstić information content (AvgIpc) is 2.75. The maximum Gasteiger partial charge on any atom is 0.433 e. The average molecular weight is 397 g/mol. The molecule has 1 saturated carbocycles. The van der Waals surface area contributed by atoms with E-state index in [4.69, 9.17) is 0 Å². The molecule has 29 heavy (non-hydrogen) atoms. The third kappa shape index (κ3) is 4.75. The Balaban J connectivity index is 1.42. The molecule has 1 fully saturated rings. The van der Waals surface area contributed by atoms with E-state index in [0.29, 0.717) is 17.3 Å². The molecule has 0 spiro atoms. The van der Waals surface area contributed by atoms with Gasteiger partial charge in [-0.3, -0.25) is 4.98 Å². The molecule has 2 aromatic heterocycles. The predicted octanol–water partition coefficient (Wildman–Crippen LogP) is 6.95. The van der Waals surface area contributed by atoms with Crippen LogP contribution in [0.4, 0.5) is 24.5 Å². The zero-order chi connectivity index (χ0) is 20.3. The van der Waals surface area contributed by atoms with Gasteiger partial charge in [-0.25, -0.2) is 4.98 Å². The van der Waals surface area contributed by atoms with Crippen LogP contribution >= 0.6 is 0 Å². The Morgan fingerprint density at radius 3 is 1.97 bits per heavy atom. The lowest BCUT2D eigenvalue weighted by atomic mass is 9.84. The van der Waals surface area contributed by atoms with Crippen LogP contribution in [0, 0.1) is 0 Å². The lowest BCUT2D eigenvalue weighted by Gasteiger charge is -2.22. The minimum Gasteiger partial charge on any atom is -0.353 e. The molecule has 6 heteroatoms. The quantitative estimate of drug-likeness (QED) is 0.517. The molecule has 0 amide bonds. The highest BCUT2D eigenvalue weighted by Gasteiger charge is 2.32. The van der Waals surface area contributed by atoms with Crippen LogP contribution in [0.25, 0.3) is 11.3 Å². The van der Waals surface area contributed by atoms with Crippen LogP contribution in [0.5, 0.6) is 0 Å². The summed E-state index contributed by atoms with van der Waals surface area (Å²) in [5.41, 5.74) is 3.57. The molecule has 0 radical (unpaired) electrons. The Hall–Kier alpha value is -2.89. The van der Waals surface area contributed by atoms with Crippen LogP contribution in [0.3, 0.4) is 0 Å². The molecule has 4 rings (SSSR count). The van der Waals surface area contributed by atoms with Crippen LogP contribution in [0.15, 0.2) is 60.9 Å². The van der Waals surface area contributed by atoms with E-state index in [0.717, 1.165) is 17.3 Å². The van der Waals surface area contributed by atoms with Crippen molar-refractivity contribution in [2.75, 3.05) is 5.32 Å². The number of pyridine rings is 2. The van der Waals surface area contributed by atoms with Crippen LogP contribution in [-0.2, 0) is 6.18 Å². The molecule has 0 bridgehead atoms. The summed E-state index contributed by atoms with van der Waals surface area (Å²) in [5.74, 6) is 0.676. The summed E-state index contributed by atoms with van der Waals surface area (Å²) in [7, 11) is 0. The fraction of sp³-hybridized carbons (Fsp3) is 0.304. The van der Waals surface area contributed by atoms with E-state index in [2.05, 4.69) is 39.6 Å². The SMILES string of the molecule is FC(F)(F)c1ccc(Nc2ccc(-c3ccc(C4CCCCC4)cc3)nc2)cn1. The van der Waals surface area contributed by atoms with Gasteiger partial charge in [0, 0.05) is 5.56 Å². The summed E-state index contributed by atoms with van der Waals surface area (Å²) >= 11 is 0. The number of nitrogens with zero attached hydrogens (tertiary/aromatic N) is 2. The summed E-state index contributed by atoms with van der Waals surface area (Å²) in [6, 6.07) is 14.7. The fourth-order valence-electron chi connectivity index (χ4n) is 3.80. The summed E-state index contributed by atoms with van der Waals surface area (Å²) < 4.78 is 37.8. The monoisotopic (exact) mass is 397 g/mol. The second-order valence-corrected chi connectivity index (χ2v) is 7.44. The van der Waals surface area contributed by atoms with Crippen molar-refractivity contribution >= 4 is 11.4 Å². The molecule has 0 atom stereocenters. The van der Waals surface area contributed by atoms with Gasteiger partial charge in [0.25, 0.3) is 0 Å². The maximum atomic E-state index is 12.6. The third-order valence-corrected chi connectivity index (χ3v) is 5.39. The summed E-state index contributed by atoms with van der Waals surface area (Å²) in [6.45, 7) is 0. The number of alkyl halides is 3. The Bertz CT molecular complexity index is 927. The highest BCUT2D eigenvalue weighted by molar-refractivity contribution is 5.64. The summed E-state index contributed by atoms with van der Waals surface area (Å²) in [5, 5.41) is 3.02. The number of benzene rings is 1. The molecule has 1 aliphatic rings. The number of nitrogens with one attached hydrogen (secondary N) is 1. The van der Waals surface area contributed by atoms with E-state index < -0.39 is 11.9 Å². The number of anilines is 2.